The molecule has 0 aliphatic carbocycles. The smallest absolute Gasteiger partial charge is 0.337 e. The van der Waals surface area contributed by atoms with Crippen molar-refractivity contribution < 1.29 is 14.7 Å². The zero-order valence-corrected chi connectivity index (χ0v) is 11.3. The maximum atomic E-state index is 11.9. The predicted octanol–water partition coefficient (Wildman–Crippen LogP) is 2.37. The molecule has 1 aromatic carbocycles. The Balaban J connectivity index is 1.84. The van der Waals surface area contributed by atoms with E-state index >= 15 is 0 Å². The highest BCUT2D eigenvalue weighted by Crippen LogP contribution is 2.27. The van der Waals surface area contributed by atoms with Crippen LogP contribution in [-0.4, -0.2) is 28.4 Å². The minimum atomic E-state index is -0.983. The minimum absolute atomic E-state index is 0.163. The molecule has 0 radical (unpaired) electrons. The third-order valence-corrected chi connectivity index (χ3v) is 3.58. The van der Waals surface area contributed by atoms with Gasteiger partial charge in [0.1, 0.15) is 0 Å². The molecule has 5 nitrogen and oxygen atoms in total. The van der Waals surface area contributed by atoms with Crippen LogP contribution >= 0.6 is 0 Å². The molecule has 0 atom stereocenters. The van der Waals surface area contributed by atoms with Crippen LogP contribution in [0.5, 0.6) is 0 Å². The monoisotopic (exact) mass is 282 g/mol. The topological polar surface area (TPSA) is 70.5 Å². The quantitative estimate of drug-likeness (QED) is 0.935. The summed E-state index contributed by atoms with van der Waals surface area (Å²) in [5.41, 5.74) is 2.61. The Labute approximate surface area is 121 Å². The summed E-state index contributed by atoms with van der Waals surface area (Å²) in [6, 6.07) is 10.8. The van der Waals surface area contributed by atoms with Gasteiger partial charge in [0.25, 0.3) is 0 Å². The van der Waals surface area contributed by atoms with Gasteiger partial charge in [0.05, 0.1) is 17.8 Å². The Bertz CT molecular complexity index is 695. The Kier molecular flexibility index (Phi) is 3.39. The van der Waals surface area contributed by atoms with E-state index in [1.807, 2.05) is 24.3 Å². The predicted molar refractivity (Wildman–Crippen MR) is 77.6 cm³/mol. The van der Waals surface area contributed by atoms with Gasteiger partial charge in [0, 0.05) is 30.4 Å². The van der Waals surface area contributed by atoms with Crippen LogP contribution in [0.2, 0.25) is 0 Å². The van der Waals surface area contributed by atoms with Crippen molar-refractivity contribution in [3.05, 3.63) is 59.4 Å². The summed E-state index contributed by atoms with van der Waals surface area (Å²) in [5.74, 6) is -0.820. The molecular formula is C16H14N2O3. The molecule has 0 saturated heterocycles. The molecule has 1 aliphatic rings. The van der Waals surface area contributed by atoms with Crippen molar-refractivity contribution in [2.75, 3.05) is 11.4 Å². The minimum Gasteiger partial charge on any atom is -0.478 e. The van der Waals surface area contributed by atoms with Crippen LogP contribution in [0.1, 0.15) is 32.8 Å². The lowest BCUT2D eigenvalue weighted by atomic mass is 10.0. The number of carbonyl (C=O) groups is 2. The average molecular weight is 282 g/mol. The van der Waals surface area contributed by atoms with Crippen molar-refractivity contribution in [3.63, 3.8) is 0 Å². The van der Waals surface area contributed by atoms with Gasteiger partial charge >= 0.3 is 5.97 Å². The molecule has 5 heteroatoms. The number of hydrogen-bond acceptors (Lipinski definition) is 4. The lowest BCUT2D eigenvalue weighted by Crippen LogP contribution is -2.31. The van der Waals surface area contributed by atoms with E-state index < -0.39 is 5.97 Å². The number of ketones is 1. The fourth-order valence-corrected chi connectivity index (χ4v) is 2.48. The second-order valence-electron chi connectivity index (χ2n) is 4.96. The van der Waals surface area contributed by atoms with Crippen molar-refractivity contribution in [3.8, 4) is 0 Å². The number of anilines is 1. The summed E-state index contributed by atoms with van der Waals surface area (Å²) < 4.78 is 0. The number of aromatic carboxylic acids is 1. The molecule has 1 N–H and O–H groups in total. The van der Waals surface area contributed by atoms with Gasteiger partial charge < -0.3 is 10.0 Å². The van der Waals surface area contributed by atoms with Crippen LogP contribution < -0.4 is 4.90 Å². The Morgan fingerprint density at radius 3 is 2.76 bits per heavy atom. The van der Waals surface area contributed by atoms with Gasteiger partial charge in [-0.2, -0.15) is 0 Å². The lowest BCUT2D eigenvalue weighted by molar-refractivity contribution is 0.0696. The van der Waals surface area contributed by atoms with Gasteiger partial charge in [-0.3, -0.25) is 9.78 Å². The van der Waals surface area contributed by atoms with Crippen LogP contribution in [0.25, 0.3) is 0 Å². The molecule has 106 valence electrons. The molecule has 0 amide bonds. The molecule has 3 rings (SSSR count). The molecule has 2 aromatic rings. The third kappa shape index (κ3) is 2.63. The van der Waals surface area contributed by atoms with E-state index in [0.29, 0.717) is 19.5 Å². The van der Waals surface area contributed by atoms with Gasteiger partial charge in [0.15, 0.2) is 5.78 Å². The highest BCUT2D eigenvalue weighted by molar-refractivity contribution is 6.03. The highest BCUT2D eigenvalue weighted by Gasteiger charge is 2.22. The number of carboxylic acid groups (broad SMARTS) is 1. The molecule has 0 saturated carbocycles. The van der Waals surface area contributed by atoms with E-state index in [-0.39, 0.29) is 11.3 Å². The number of aromatic nitrogens is 1. The first kappa shape index (κ1) is 13.3. The van der Waals surface area contributed by atoms with E-state index in [4.69, 9.17) is 5.11 Å². The van der Waals surface area contributed by atoms with Crippen molar-refractivity contribution in [2.24, 2.45) is 0 Å². The first-order valence-corrected chi connectivity index (χ1v) is 6.70. The number of benzene rings is 1. The number of fused-ring (bicyclic) bond motifs is 1. The largest absolute Gasteiger partial charge is 0.478 e. The second-order valence-corrected chi connectivity index (χ2v) is 4.96. The fourth-order valence-electron chi connectivity index (χ4n) is 2.48. The molecule has 0 bridgehead atoms. The van der Waals surface area contributed by atoms with Crippen molar-refractivity contribution in [1.29, 1.82) is 0 Å². The lowest BCUT2D eigenvalue weighted by Gasteiger charge is -2.30. The average Bonchev–Trinajstić information content (AvgIpc) is 2.51. The zero-order valence-electron chi connectivity index (χ0n) is 11.3. The molecule has 0 spiro atoms. The number of rotatable bonds is 3. The molecule has 0 fully saturated rings. The summed E-state index contributed by atoms with van der Waals surface area (Å²) in [5, 5.41) is 8.87. The maximum Gasteiger partial charge on any atom is 0.337 e. The van der Waals surface area contributed by atoms with Gasteiger partial charge in [0.2, 0.25) is 0 Å². The van der Waals surface area contributed by atoms with Crippen LogP contribution in [0, 0.1) is 0 Å². The Hall–Kier alpha value is -2.69. The van der Waals surface area contributed by atoms with Gasteiger partial charge in [-0.05, 0) is 24.3 Å². The van der Waals surface area contributed by atoms with Gasteiger partial charge in [-0.15, -0.1) is 0 Å². The number of hydrogen-bond donors (Lipinski definition) is 1. The van der Waals surface area contributed by atoms with E-state index in [2.05, 4.69) is 9.88 Å². The maximum absolute atomic E-state index is 11.9. The normalized spacial score (nSPS) is 13.9. The van der Waals surface area contributed by atoms with Crippen molar-refractivity contribution in [2.45, 2.75) is 13.0 Å². The summed E-state index contributed by atoms with van der Waals surface area (Å²) in [6.45, 7) is 1.21. The van der Waals surface area contributed by atoms with E-state index in [9.17, 15) is 9.59 Å². The van der Waals surface area contributed by atoms with Crippen molar-refractivity contribution in [1.82, 2.24) is 4.98 Å². The number of para-hydroxylation sites is 1. The Morgan fingerprint density at radius 1 is 1.24 bits per heavy atom. The number of carbonyl (C=O) groups excluding carboxylic acids is 1. The van der Waals surface area contributed by atoms with E-state index in [1.54, 1.807) is 12.1 Å². The summed E-state index contributed by atoms with van der Waals surface area (Å²) in [4.78, 5) is 29.0. The van der Waals surface area contributed by atoms with Crippen LogP contribution in [0.4, 0.5) is 5.69 Å². The first-order chi connectivity index (χ1) is 10.1. The van der Waals surface area contributed by atoms with Crippen LogP contribution in [-0.2, 0) is 6.54 Å². The number of pyridine rings is 1. The van der Waals surface area contributed by atoms with Gasteiger partial charge in [-0.1, -0.05) is 12.1 Å². The molecule has 1 aromatic heterocycles. The van der Waals surface area contributed by atoms with E-state index in [1.165, 1.54) is 6.20 Å². The number of nitrogens with zero attached hydrogens (tertiary/aromatic N) is 2. The van der Waals surface area contributed by atoms with E-state index in [0.717, 1.165) is 16.9 Å². The SMILES string of the molecule is O=C(O)c1ccc(CN2CCC(=O)c3ccccc32)nc1. The standard InChI is InChI=1S/C16H14N2O3/c19-15-7-8-18(14-4-2-1-3-13(14)15)10-12-6-5-11(9-17-12)16(20)21/h1-6,9H,7-8,10H2,(H,20,21). The molecule has 2 heterocycles. The van der Waals surface area contributed by atoms with Crippen LogP contribution in [0.15, 0.2) is 42.6 Å². The Morgan fingerprint density at radius 2 is 2.05 bits per heavy atom. The van der Waals surface area contributed by atoms with Gasteiger partial charge in [-0.25, -0.2) is 4.79 Å². The summed E-state index contributed by atoms with van der Waals surface area (Å²) in [7, 11) is 0. The molecule has 0 unspecified atom stereocenters. The molecule has 21 heavy (non-hydrogen) atoms. The third-order valence-electron chi connectivity index (χ3n) is 3.58. The summed E-state index contributed by atoms with van der Waals surface area (Å²) in [6.07, 6.45) is 1.85. The second kappa shape index (κ2) is 5.36. The first-order valence-electron chi connectivity index (χ1n) is 6.70. The number of carboxylic acids is 1. The molecular weight excluding hydrogens is 268 g/mol. The van der Waals surface area contributed by atoms with Crippen LogP contribution in [0.3, 0.4) is 0 Å². The summed E-state index contributed by atoms with van der Waals surface area (Å²) >= 11 is 0. The van der Waals surface area contributed by atoms with Crippen molar-refractivity contribution >= 4 is 17.4 Å². The molecule has 1 aliphatic heterocycles. The highest BCUT2D eigenvalue weighted by atomic mass is 16.4. The number of Topliss-reactive ketones (excluding diaryl/α,β-unsaturated/α-hetero) is 1. The zero-order chi connectivity index (χ0) is 14.8. The fraction of sp³-hybridized carbons (Fsp3) is 0.188.